The topological polar surface area (TPSA) is 83.1 Å². The van der Waals surface area contributed by atoms with Crippen LogP contribution in [-0.2, 0) is 17.9 Å². The Balaban J connectivity index is 1.66. The van der Waals surface area contributed by atoms with Crippen molar-refractivity contribution < 1.29 is 9.53 Å². The van der Waals surface area contributed by atoms with E-state index in [1.807, 2.05) is 36.9 Å². The number of anilines is 2. The number of hydrogen-bond acceptors (Lipinski definition) is 5. The van der Waals surface area contributed by atoms with Crippen molar-refractivity contribution in [1.82, 2.24) is 20.1 Å². The number of carbonyl (C=O) groups is 1. The van der Waals surface area contributed by atoms with E-state index in [2.05, 4.69) is 20.5 Å². The lowest BCUT2D eigenvalue weighted by atomic mass is 9.85. The Kier molecular flexibility index (Phi) is 3.86. The zero-order chi connectivity index (χ0) is 17.4. The number of rotatable bonds is 0. The van der Waals surface area contributed by atoms with E-state index in [0.717, 1.165) is 36.3 Å². The van der Waals surface area contributed by atoms with Crippen molar-refractivity contribution in [2.45, 2.75) is 46.2 Å². The Morgan fingerprint density at radius 3 is 3.00 bits per heavy atom. The molecular formula is C18H23N5O2. The van der Waals surface area contributed by atoms with Crippen LogP contribution in [-0.4, -0.2) is 32.6 Å². The quantitative estimate of drug-likeness (QED) is 0.770. The second kappa shape index (κ2) is 6.06. The third-order valence-electron chi connectivity index (χ3n) is 4.93. The maximum Gasteiger partial charge on any atom is 0.228 e. The molecule has 2 aliphatic rings. The number of carbonyl (C=O) groups excluding carboxylic acids is 1. The van der Waals surface area contributed by atoms with Crippen molar-refractivity contribution in [3.8, 4) is 5.88 Å². The number of H-pyrrole nitrogens is 1. The molecular weight excluding hydrogens is 318 g/mol. The molecule has 0 atom stereocenters. The number of aromatic amines is 1. The molecule has 2 N–H and O–H groups in total. The summed E-state index contributed by atoms with van der Waals surface area (Å²) in [6.45, 7) is 5.82. The zero-order valence-corrected chi connectivity index (χ0v) is 14.6. The van der Waals surface area contributed by atoms with E-state index < -0.39 is 0 Å². The molecule has 0 unspecified atom stereocenters. The summed E-state index contributed by atoms with van der Waals surface area (Å²) >= 11 is 0. The van der Waals surface area contributed by atoms with Crippen LogP contribution >= 0.6 is 0 Å². The highest BCUT2D eigenvalue weighted by molar-refractivity contribution is 5.82. The lowest BCUT2D eigenvalue weighted by Gasteiger charge is -2.29. The summed E-state index contributed by atoms with van der Waals surface area (Å²) in [6, 6.07) is 5.65. The second-order valence-electron chi connectivity index (χ2n) is 7.37. The fourth-order valence-electron chi connectivity index (χ4n) is 3.45. The van der Waals surface area contributed by atoms with E-state index in [4.69, 9.17) is 4.74 Å². The normalized spacial score (nSPS) is 19.6. The lowest BCUT2D eigenvalue weighted by molar-refractivity contribution is -0.141. The van der Waals surface area contributed by atoms with Crippen LogP contribution in [0, 0.1) is 5.41 Å². The fraction of sp³-hybridized carbons (Fsp3) is 0.500. The Labute approximate surface area is 146 Å². The molecule has 0 aliphatic carbocycles. The van der Waals surface area contributed by atoms with Crippen LogP contribution in [0.5, 0.6) is 5.88 Å². The van der Waals surface area contributed by atoms with Crippen molar-refractivity contribution in [2.75, 3.05) is 11.9 Å². The number of aromatic nitrogens is 3. The van der Waals surface area contributed by atoms with Gasteiger partial charge in [0.1, 0.15) is 5.82 Å². The van der Waals surface area contributed by atoms with Gasteiger partial charge in [-0.15, -0.1) is 0 Å². The van der Waals surface area contributed by atoms with Gasteiger partial charge >= 0.3 is 0 Å². The largest absolute Gasteiger partial charge is 0.478 e. The molecule has 0 saturated carbocycles. The summed E-state index contributed by atoms with van der Waals surface area (Å²) in [5.41, 5.74) is 1.65. The molecule has 4 rings (SSSR count). The fourth-order valence-corrected chi connectivity index (χ4v) is 3.45. The Morgan fingerprint density at radius 2 is 2.12 bits per heavy atom. The van der Waals surface area contributed by atoms with Crippen LogP contribution in [0.4, 0.5) is 11.6 Å². The Morgan fingerprint density at radius 1 is 1.24 bits per heavy atom. The lowest BCUT2D eigenvalue weighted by Crippen LogP contribution is -2.38. The van der Waals surface area contributed by atoms with Gasteiger partial charge in [0.2, 0.25) is 11.8 Å². The minimum Gasteiger partial charge on any atom is -0.478 e. The van der Waals surface area contributed by atoms with Gasteiger partial charge in [0.05, 0.1) is 25.4 Å². The van der Waals surface area contributed by atoms with Gasteiger partial charge in [0.25, 0.3) is 0 Å². The number of amides is 1. The molecule has 132 valence electrons. The first kappa shape index (κ1) is 15.9. The van der Waals surface area contributed by atoms with E-state index in [-0.39, 0.29) is 11.3 Å². The maximum absolute atomic E-state index is 13.0. The number of hydrogen-bond donors (Lipinski definition) is 2. The number of ether oxygens (including phenoxy) is 1. The molecule has 4 bridgehead atoms. The predicted octanol–water partition coefficient (Wildman–Crippen LogP) is 2.98. The van der Waals surface area contributed by atoms with Crippen LogP contribution in [0.2, 0.25) is 0 Å². The van der Waals surface area contributed by atoms with Gasteiger partial charge in [-0.1, -0.05) is 19.9 Å². The molecule has 0 radical (unpaired) electrons. The monoisotopic (exact) mass is 341 g/mol. The van der Waals surface area contributed by atoms with Crippen molar-refractivity contribution in [3.05, 3.63) is 29.5 Å². The predicted molar refractivity (Wildman–Crippen MR) is 93.5 cm³/mol. The van der Waals surface area contributed by atoms with Gasteiger partial charge in [-0.25, -0.2) is 0 Å². The van der Waals surface area contributed by atoms with Crippen LogP contribution in [0.3, 0.4) is 0 Å². The average molecular weight is 341 g/mol. The van der Waals surface area contributed by atoms with Crippen molar-refractivity contribution >= 4 is 17.5 Å². The van der Waals surface area contributed by atoms with Crippen molar-refractivity contribution in [3.63, 3.8) is 0 Å². The first-order chi connectivity index (χ1) is 12.0. The number of nitrogens with one attached hydrogen (secondary N) is 2. The van der Waals surface area contributed by atoms with E-state index >= 15 is 0 Å². The van der Waals surface area contributed by atoms with Crippen LogP contribution in [0.15, 0.2) is 18.2 Å². The molecule has 0 fully saturated rings. The molecule has 0 spiro atoms. The van der Waals surface area contributed by atoms with E-state index in [1.165, 1.54) is 0 Å². The van der Waals surface area contributed by atoms with E-state index in [9.17, 15) is 4.79 Å². The zero-order valence-electron chi connectivity index (χ0n) is 14.6. The third kappa shape index (κ3) is 3.06. The average Bonchev–Trinajstić information content (AvgIpc) is 3.15. The summed E-state index contributed by atoms with van der Waals surface area (Å²) < 4.78 is 5.74. The van der Waals surface area contributed by atoms with Gasteiger partial charge in [-0.05, 0) is 25.3 Å². The summed E-state index contributed by atoms with van der Waals surface area (Å²) in [6.07, 6.45) is 2.69. The summed E-state index contributed by atoms with van der Waals surface area (Å²) in [7, 11) is 0. The molecule has 2 aliphatic heterocycles. The van der Waals surface area contributed by atoms with Crippen LogP contribution in [0.1, 0.15) is 44.4 Å². The molecule has 1 amide bonds. The van der Waals surface area contributed by atoms with Crippen LogP contribution in [0.25, 0.3) is 0 Å². The van der Waals surface area contributed by atoms with Gasteiger partial charge < -0.3 is 15.0 Å². The Bertz CT molecular complexity index is 799. The molecule has 7 nitrogen and oxygen atoms in total. The summed E-state index contributed by atoms with van der Waals surface area (Å²) in [4.78, 5) is 19.3. The maximum atomic E-state index is 13.0. The van der Waals surface area contributed by atoms with Crippen molar-refractivity contribution in [2.24, 2.45) is 5.41 Å². The highest BCUT2D eigenvalue weighted by Crippen LogP contribution is 2.34. The molecule has 7 heteroatoms. The second-order valence-corrected chi connectivity index (χ2v) is 7.37. The molecule has 4 heterocycles. The third-order valence-corrected chi connectivity index (χ3v) is 4.93. The molecule has 0 saturated heterocycles. The molecule has 2 aromatic rings. The van der Waals surface area contributed by atoms with Gasteiger partial charge in [0, 0.05) is 17.0 Å². The number of fused-ring (bicyclic) bond motifs is 3. The van der Waals surface area contributed by atoms with Gasteiger partial charge in [-0.3, -0.25) is 9.89 Å². The summed E-state index contributed by atoms with van der Waals surface area (Å²) in [5.74, 6) is 2.20. The number of pyridine rings is 1. The number of nitrogens with zero attached hydrogens (tertiary/aromatic N) is 3. The molecule has 0 aromatic carbocycles. The standard InChI is InChI=1S/C18H23N5O2/c1-18(2)8-3-4-9-25-15-7-5-6-14(19-15)20-16-12-10-23(17(18)24)11-13(12)21-22-16/h5-7H,3-4,8-11H2,1-2H3,(H2,19,20,21,22). The highest BCUT2D eigenvalue weighted by Gasteiger charge is 2.36. The van der Waals surface area contributed by atoms with Gasteiger partial charge in [0.15, 0.2) is 5.82 Å². The van der Waals surface area contributed by atoms with Crippen molar-refractivity contribution in [1.29, 1.82) is 0 Å². The summed E-state index contributed by atoms with van der Waals surface area (Å²) in [5, 5.41) is 10.6. The van der Waals surface area contributed by atoms with Gasteiger partial charge in [-0.2, -0.15) is 10.1 Å². The Hall–Kier alpha value is -2.57. The van der Waals surface area contributed by atoms with Crippen LogP contribution < -0.4 is 10.1 Å². The minimum absolute atomic E-state index is 0.192. The first-order valence-electron chi connectivity index (χ1n) is 8.75. The SMILES string of the molecule is CC1(C)CCCCOc2cccc(n2)Nc2n[nH]c3c2CN(C3)C1=O. The first-order valence-corrected chi connectivity index (χ1v) is 8.75. The smallest absolute Gasteiger partial charge is 0.228 e. The van der Waals surface area contributed by atoms with E-state index in [0.29, 0.717) is 31.4 Å². The molecule has 25 heavy (non-hydrogen) atoms. The highest BCUT2D eigenvalue weighted by atomic mass is 16.5. The molecule has 2 aromatic heterocycles. The minimum atomic E-state index is -0.374. The van der Waals surface area contributed by atoms with E-state index in [1.54, 1.807) is 0 Å².